The molecule has 1 heterocycles. The predicted octanol–water partition coefficient (Wildman–Crippen LogP) is 3.41. The highest BCUT2D eigenvalue weighted by Gasteiger charge is 2.12. The molecule has 19 heavy (non-hydrogen) atoms. The van der Waals surface area contributed by atoms with Crippen molar-refractivity contribution in [2.75, 3.05) is 11.9 Å². The minimum atomic E-state index is -0.625. The SMILES string of the molecule is CC(CNc1ccc([N+](=O)[O-])cc1F)c1nccs1. The van der Waals surface area contributed by atoms with Crippen molar-refractivity contribution in [1.82, 2.24) is 4.98 Å². The Bertz CT molecular complexity index is 574. The Kier molecular flexibility index (Phi) is 4.06. The molecule has 7 heteroatoms. The maximum atomic E-state index is 13.6. The Morgan fingerprint density at radius 3 is 2.95 bits per heavy atom. The molecule has 1 aromatic heterocycles. The molecular formula is C12H12FN3O2S. The predicted molar refractivity (Wildman–Crippen MR) is 72.1 cm³/mol. The van der Waals surface area contributed by atoms with Gasteiger partial charge in [-0.25, -0.2) is 9.37 Å². The van der Waals surface area contributed by atoms with Gasteiger partial charge in [-0.15, -0.1) is 11.3 Å². The van der Waals surface area contributed by atoms with Crippen molar-refractivity contribution in [2.24, 2.45) is 0 Å². The third kappa shape index (κ3) is 3.25. The van der Waals surface area contributed by atoms with Crippen LogP contribution in [0.1, 0.15) is 17.8 Å². The van der Waals surface area contributed by atoms with Crippen LogP contribution in [0.5, 0.6) is 0 Å². The summed E-state index contributed by atoms with van der Waals surface area (Å²) >= 11 is 1.54. The second kappa shape index (κ2) is 5.75. The summed E-state index contributed by atoms with van der Waals surface area (Å²) in [5, 5.41) is 16.3. The molecule has 1 aromatic carbocycles. The summed E-state index contributed by atoms with van der Waals surface area (Å²) in [6.45, 7) is 2.50. The standard InChI is InChI=1S/C12H12FN3O2S/c1-8(12-14-4-5-19-12)7-15-11-3-2-9(16(17)18)6-10(11)13/h2-6,8,15H,7H2,1H3. The van der Waals surface area contributed by atoms with Gasteiger partial charge in [0.25, 0.3) is 5.69 Å². The molecule has 2 rings (SSSR count). The van der Waals surface area contributed by atoms with Gasteiger partial charge in [0.15, 0.2) is 5.82 Å². The maximum absolute atomic E-state index is 13.6. The van der Waals surface area contributed by atoms with Gasteiger partial charge in [0.05, 0.1) is 21.7 Å². The Balaban J connectivity index is 2.02. The van der Waals surface area contributed by atoms with Crippen molar-refractivity contribution >= 4 is 22.7 Å². The molecule has 1 atom stereocenters. The zero-order valence-electron chi connectivity index (χ0n) is 10.2. The van der Waals surface area contributed by atoms with E-state index in [1.807, 2.05) is 12.3 Å². The first-order chi connectivity index (χ1) is 9.08. The number of anilines is 1. The summed E-state index contributed by atoms with van der Waals surface area (Å²) in [4.78, 5) is 14.1. The number of nitro groups is 1. The number of rotatable bonds is 5. The Morgan fingerprint density at radius 2 is 2.37 bits per heavy atom. The number of nitrogens with one attached hydrogen (secondary N) is 1. The van der Waals surface area contributed by atoms with E-state index in [0.717, 1.165) is 11.1 Å². The van der Waals surface area contributed by atoms with Crippen molar-refractivity contribution in [2.45, 2.75) is 12.8 Å². The summed E-state index contributed by atoms with van der Waals surface area (Å²) in [7, 11) is 0. The van der Waals surface area contributed by atoms with Gasteiger partial charge in [-0.05, 0) is 6.07 Å². The number of halogens is 1. The van der Waals surface area contributed by atoms with E-state index in [2.05, 4.69) is 10.3 Å². The van der Waals surface area contributed by atoms with Crippen LogP contribution < -0.4 is 5.32 Å². The fourth-order valence-corrected chi connectivity index (χ4v) is 2.29. The highest BCUT2D eigenvalue weighted by molar-refractivity contribution is 7.09. The topological polar surface area (TPSA) is 68.1 Å². The Morgan fingerprint density at radius 1 is 1.58 bits per heavy atom. The first-order valence-electron chi connectivity index (χ1n) is 5.65. The monoisotopic (exact) mass is 281 g/mol. The highest BCUT2D eigenvalue weighted by Crippen LogP contribution is 2.22. The number of aromatic nitrogens is 1. The molecule has 0 fully saturated rings. The van der Waals surface area contributed by atoms with Crippen LogP contribution in [0, 0.1) is 15.9 Å². The fraction of sp³-hybridized carbons (Fsp3) is 0.250. The molecule has 0 aliphatic rings. The van der Waals surface area contributed by atoms with Crippen LogP contribution in [0.4, 0.5) is 15.8 Å². The van der Waals surface area contributed by atoms with Crippen LogP contribution >= 0.6 is 11.3 Å². The molecule has 0 bridgehead atoms. The van der Waals surface area contributed by atoms with Crippen molar-refractivity contribution in [3.63, 3.8) is 0 Å². The van der Waals surface area contributed by atoms with Crippen LogP contribution in [-0.4, -0.2) is 16.5 Å². The van der Waals surface area contributed by atoms with Gasteiger partial charge in [-0.1, -0.05) is 6.92 Å². The van der Waals surface area contributed by atoms with E-state index in [1.54, 1.807) is 17.5 Å². The number of nitrogens with zero attached hydrogens (tertiary/aromatic N) is 2. The van der Waals surface area contributed by atoms with Crippen molar-refractivity contribution < 1.29 is 9.31 Å². The van der Waals surface area contributed by atoms with E-state index in [0.29, 0.717) is 6.54 Å². The molecule has 0 radical (unpaired) electrons. The summed E-state index contributed by atoms with van der Waals surface area (Å²) in [6.07, 6.45) is 1.73. The quantitative estimate of drug-likeness (QED) is 0.673. The first-order valence-corrected chi connectivity index (χ1v) is 6.53. The number of non-ortho nitro benzene ring substituents is 1. The lowest BCUT2D eigenvalue weighted by atomic mass is 10.2. The second-order valence-electron chi connectivity index (χ2n) is 4.07. The average molecular weight is 281 g/mol. The lowest BCUT2D eigenvalue weighted by molar-refractivity contribution is -0.385. The maximum Gasteiger partial charge on any atom is 0.272 e. The third-order valence-electron chi connectivity index (χ3n) is 2.64. The van der Waals surface area contributed by atoms with E-state index in [1.165, 1.54) is 12.1 Å². The van der Waals surface area contributed by atoms with Crippen LogP contribution in [0.3, 0.4) is 0 Å². The van der Waals surface area contributed by atoms with Gasteiger partial charge in [0.1, 0.15) is 0 Å². The van der Waals surface area contributed by atoms with E-state index < -0.39 is 10.7 Å². The smallest absolute Gasteiger partial charge is 0.272 e. The fourth-order valence-electron chi connectivity index (χ4n) is 1.59. The number of hydrogen-bond acceptors (Lipinski definition) is 5. The van der Waals surface area contributed by atoms with Gasteiger partial charge in [-0.2, -0.15) is 0 Å². The Hall–Kier alpha value is -2.02. The van der Waals surface area contributed by atoms with Gasteiger partial charge in [-0.3, -0.25) is 10.1 Å². The molecule has 0 aliphatic heterocycles. The third-order valence-corrected chi connectivity index (χ3v) is 3.64. The molecule has 5 nitrogen and oxygen atoms in total. The molecule has 0 spiro atoms. The highest BCUT2D eigenvalue weighted by atomic mass is 32.1. The van der Waals surface area contributed by atoms with Gasteiger partial charge < -0.3 is 5.32 Å². The second-order valence-corrected chi connectivity index (χ2v) is 5.00. The minimum absolute atomic E-state index is 0.148. The summed E-state index contributed by atoms with van der Waals surface area (Å²) < 4.78 is 13.6. The molecular weight excluding hydrogens is 269 g/mol. The summed E-state index contributed by atoms with van der Waals surface area (Å²) in [5.41, 5.74) is 0.00466. The molecule has 0 saturated carbocycles. The van der Waals surface area contributed by atoms with Crippen LogP contribution in [0.25, 0.3) is 0 Å². The van der Waals surface area contributed by atoms with Crippen molar-refractivity contribution in [3.8, 4) is 0 Å². The number of benzene rings is 1. The average Bonchev–Trinajstić information content (AvgIpc) is 2.90. The Labute approximate surface area is 113 Å². The minimum Gasteiger partial charge on any atom is -0.382 e. The summed E-state index contributed by atoms with van der Waals surface area (Å²) in [5.74, 6) is -0.477. The zero-order valence-corrected chi connectivity index (χ0v) is 11.0. The lowest BCUT2D eigenvalue weighted by Gasteiger charge is -2.11. The van der Waals surface area contributed by atoms with Gasteiger partial charge >= 0.3 is 0 Å². The van der Waals surface area contributed by atoms with Crippen LogP contribution in [0.15, 0.2) is 29.8 Å². The number of hydrogen-bond donors (Lipinski definition) is 1. The number of thiazole rings is 1. The normalized spacial score (nSPS) is 12.1. The van der Waals surface area contributed by atoms with E-state index in [-0.39, 0.29) is 17.3 Å². The molecule has 2 aromatic rings. The van der Waals surface area contributed by atoms with Crippen LogP contribution in [0.2, 0.25) is 0 Å². The molecule has 100 valence electrons. The number of nitro benzene ring substituents is 1. The van der Waals surface area contributed by atoms with E-state index >= 15 is 0 Å². The molecule has 1 N–H and O–H groups in total. The van der Waals surface area contributed by atoms with E-state index in [4.69, 9.17) is 0 Å². The molecule has 0 saturated heterocycles. The van der Waals surface area contributed by atoms with Gasteiger partial charge in [0.2, 0.25) is 0 Å². The van der Waals surface area contributed by atoms with Gasteiger partial charge in [0, 0.05) is 30.1 Å². The molecule has 0 aliphatic carbocycles. The van der Waals surface area contributed by atoms with Crippen LogP contribution in [-0.2, 0) is 0 Å². The van der Waals surface area contributed by atoms with E-state index in [9.17, 15) is 14.5 Å². The molecule has 0 amide bonds. The zero-order chi connectivity index (χ0) is 13.8. The lowest BCUT2D eigenvalue weighted by Crippen LogP contribution is -2.10. The summed E-state index contributed by atoms with van der Waals surface area (Å²) in [6, 6.07) is 3.57. The van der Waals surface area contributed by atoms with Crippen molar-refractivity contribution in [1.29, 1.82) is 0 Å². The first kappa shape index (κ1) is 13.4. The van der Waals surface area contributed by atoms with Crippen molar-refractivity contribution in [3.05, 3.63) is 50.7 Å². The largest absolute Gasteiger partial charge is 0.382 e. The molecule has 1 unspecified atom stereocenters.